The standard InChI is InChI=1S/Al.Mg.Sc.H3Si.5H/h;;;1H3;;;;;/q;+2;;;;;;2*-1. The van der Waals surface area contributed by atoms with Gasteiger partial charge in [-0.3, -0.25) is 0 Å². The van der Waals surface area contributed by atoms with Gasteiger partial charge in [0.15, 0.2) is 17.4 Å². The van der Waals surface area contributed by atoms with E-state index in [-0.39, 0.29) is 80.1 Å². The Labute approximate surface area is 79.2 Å². The van der Waals surface area contributed by atoms with Crippen molar-refractivity contribution in [3.05, 3.63) is 0 Å². The van der Waals surface area contributed by atoms with Gasteiger partial charge in [-0.2, -0.15) is 0 Å². The average Bonchev–Trinajstić information content (AvgIpc) is 0. The molecule has 4 heavy (non-hydrogen) atoms. The molecule has 0 aromatic rings. The molecule has 0 saturated heterocycles. The Balaban J connectivity index is 0. The van der Waals surface area contributed by atoms with Gasteiger partial charge in [-0.15, -0.1) is 0 Å². The zero-order chi connectivity index (χ0) is 0. The summed E-state index contributed by atoms with van der Waals surface area (Å²) >= 11 is 0. The minimum atomic E-state index is 0. The third kappa shape index (κ3) is 8.83. The molecule has 0 N–H and O–H groups in total. The molecule has 0 aliphatic rings. The van der Waals surface area contributed by atoms with Crippen LogP contribution in [0.15, 0.2) is 0 Å². The van der Waals surface area contributed by atoms with E-state index >= 15 is 0 Å². The van der Waals surface area contributed by atoms with Crippen LogP contribution in [0.2, 0.25) is 0 Å². The second-order valence-electron chi connectivity index (χ2n) is 0. The molecular formula is H8AlMgScSi. The van der Waals surface area contributed by atoms with Crippen LogP contribution in [0.25, 0.3) is 0 Å². The van der Waals surface area contributed by atoms with Gasteiger partial charge in [0, 0.05) is 25.8 Å². The zero-order valence-corrected chi connectivity index (χ0v) is 7.50. The molecule has 0 unspecified atom stereocenters. The second kappa shape index (κ2) is 18.2. The summed E-state index contributed by atoms with van der Waals surface area (Å²) in [6.07, 6.45) is 0. The maximum Gasteiger partial charge on any atom is 2.00 e. The molecule has 0 saturated carbocycles. The maximum atomic E-state index is 0. The average molecular weight is 132 g/mol. The molecule has 0 nitrogen and oxygen atoms in total. The number of hydrogen-bond donors (Lipinski definition) is 0. The van der Waals surface area contributed by atoms with Crippen molar-refractivity contribution in [3.63, 3.8) is 0 Å². The SMILES string of the molecule is [AlH3].[H-].[H-].[Mg+2].[Sc].[SiH3]. The van der Waals surface area contributed by atoms with E-state index in [0.717, 1.165) is 0 Å². The summed E-state index contributed by atoms with van der Waals surface area (Å²) in [6.45, 7) is 0. The fraction of sp³-hybridized carbons (Fsp3) is 0. The van der Waals surface area contributed by atoms with Gasteiger partial charge in [0.25, 0.3) is 0 Å². The first-order chi connectivity index (χ1) is 0. The molecule has 0 spiro atoms. The molecular weight excluding hydrogens is 124 g/mol. The fourth-order valence-corrected chi connectivity index (χ4v) is 0. The first-order valence-corrected chi connectivity index (χ1v) is 0. The Morgan fingerprint density at radius 3 is 1.25 bits per heavy atom. The van der Waals surface area contributed by atoms with Crippen LogP contribution < -0.4 is 0 Å². The Morgan fingerprint density at radius 2 is 1.25 bits per heavy atom. The molecule has 0 atom stereocenters. The molecule has 2 radical (unpaired) electrons. The smallest absolute Gasteiger partial charge is 1.00 e. The normalized spacial score (nSPS) is 0. The third-order valence-electron chi connectivity index (χ3n) is 0. The molecule has 0 amide bonds. The van der Waals surface area contributed by atoms with Gasteiger partial charge in [-0.25, -0.2) is 0 Å². The van der Waals surface area contributed by atoms with E-state index in [9.17, 15) is 0 Å². The fourth-order valence-electron chi connectivity index (χ4n) is 0. The van der Waals surface area contributed by atoms with Crippen molar-refractivity contribution in [1.29, 1.82) is 0 Å². The van der Waals surface area contributed by atoms with Gasteiger partial charge in [-0.1, -0.05) is 0 Å². The van der Waals surface area contributed by atoms with Gasteiger partial charge in [0.2, 0.25) is 0 Å². The molecule has 0 heterocycles. The summed E-state index contributed by atoms with van der Waals surface area (Å²) in [5.74, 6) is 0. The minimum Gasteiger partial charge on any atom is -1.00 e. The largest absolute Gasteiger partial charge is 2.00 e. The van der Waals surface area contributed by atoms with E-state index in [4.69, 9.17) is 0 Å². The summed E-state index contributed by atoms with van der Waals surface area (Å²) in [5.41, 5.74) is 0. The summed E-state index contributed by atoms with van der Waals surface area (Å²) in [5, 5.41) is 0. The zero-order valence-electron chi connectivity index (χ0n) is 4.28. The van der Waals surface area contributed by atoms with Crippen LogP contribution in [0.4, 0.5) is 0 Å². The molecule has 4 heteroatoms. The van der Waals surface area contributed by atoms with Crippen molar-refractivity contribution in [3.8, 4) is 0 Å². The van der Waals surface area contributed by atoms with Crippen LogP contribution in [0.1, 0.15) is 2.85 Å². The van der Waals surface area contributed by atoms with Crippen molar-refractivity contribution in [1.82, 2.24) is 0 Å². The summed E-state index contributed by atoms with van der Waals surface area (Å²) < 4.78 is 0. The molecule has 20 valence electrons. The Hall–Kier alpha value is 2.39. The van der Waals surface area contributed by atoms with E-state index in [1.54, 1.807) is 0 Å². The monoisotopic (exact) mass is 132 g/mol. The van der Waals surface area contributed by atoms with Gasteiger partial charge in [-0.05, 0) is 11.0 Å². The van der Waals surface area contributed by atoms with Crippen LogP contribution >= 0.6 is 0 Å². The first-order valence-electron chi connectivity index (χ1n) is 0. The third-order valence-corrected chi connectivity index (χ3v) is 0. The van der Waals surface area contributed by atoms with E-state index in [1.807, 2.05) is 0 Å². The number of hydrogen-bond acceptors (Lipinski definition) is 0. The molecule has 0 aromatic heterocycles. The molecule has 0 bridgehead atoms. The molecule has 0 aliphatic carbocycles. The molecule has 0 fully saturated rings. The van der Waals surface area contributed by atoms with Crippen molar-refractivity contribution in [2.24, 2.45) is 0 Å². The van der Waals surface area contributed by atoms with Crippen LogP contribution in [0, 0.1) is 0 Å². The molecule has 0 aromatic carbocycles. The Kier molecular flexibility index (Phi) is 148. The first kappa shape index (κ1) is 32.5. The summed E-state index contributed by atoms with van der Waals surface area (Å²) in [7, 11) is 0. The predicted octanol–water partition coefficient (Wildman–Crippen LogP) is -2.53. The van der Waals surface area contributed by atoms with Crippen molar-refractivity contribution >= 4 is 51.4 Å². The maximum absolute atomic E-state index is 0. The number of rotatable bonds is 0. The van der Waals surface area contributed by atoms with E-state index < -0.39 is 0 Å². The van der Waals surface area contributed by atoms with E-state index in [2.05, 4.69) is 0 Å². The summed E-state index contributed by atoms with van der Waals surface area (Å²) in [6, 6.07) is 0. The van der Waals surface area contributed by atoms with Crippen molar-refractivity contribution in [2.45, 2.75) is 0 Å². The van der Waals surface area contributed by atoms with Crippen molar-refractivity contribution < 1.29 is 28.7 Å². The van der Waals surface area contributed by atoms with Crippen LogP contribution in [-0.2, 0) is 25.8 Å². The quantitative estimate of drug-likeness (QED) is 0.319. The predicted molar refractivity (Wildman–Crippen MR) is 27.9 cm³/mol. The van der Waals surface area contributed by atoms with Crippen LogP contribution in [0.5, 0.6) is 0 Å². The van der Waals surface area contributed by atoms with Crippen molar-refractivity contribution in [2.75, 3.05) is 0 Å². The van der Waals surface area contributed by atoms with Crippen LogP contribution in [0.3, 0.4) is 0 Å². The molecule has 0 aliphatic heterocycles. The minimum absolute atomic E-state index is 0. The Bertz CT molecular complexity index is 13.5. The van der Waals surface area contributed by atoms with Crippen LogP contribution in [-0.4, -0.2) is 51.4 Å². The molecule has 0 rings (SSSR count). The van der Waals surface area contributed by atoms with E-state index in [0.29, 0.717) is 0 Å². The van der Waals surface area contributed by atoms with E-state index in [1.165, 1.54) is 0 Å². The summed E-state index contributed by atoms with van der Waals surface area (Å²) in [4.78, 5) is 0. The van der Waals surface area contributed by atoms with Gasteiger partial charge in [0.1, 0.15) is 0 Å². The Morgan fingerprint density at radius 1 is 1.25 bits per heavy atom. The topological polar surface area (TPSA) is 0 Å². The van der Waals surface area contributed by atoms with Gasteiger partial charge in [0.05, 0.1) is 0 Å². The van der Waals surface area contributed by atoms with Gasteiger partial charge < -0.3 is 2.85 Å². The second-order valence-corrected chi connectivity index (χ2v) is 0. The van der Waals surface area contributed by atoms with Gasteiger partial charge >= 0.3 is 23.1 Å².